The molecule has 0 unspecified atom stereocenters. The molecule has 0 aromatic heterocycles. The summed E-state index contributed by atoms with van der Waals surface area (Å²) in [5.41, 5.74) is 5.49. The SMILES string of the molecule is COc1ccc(NC(=O)C2(N)CCCC2)cc1OC(F)F. The fourth-order valence-corrected chi connectivity index (χ4v) is 2.43. The molecule has 1 saturated carbocycles. The number of nitrogens with two attached hydrogens (primary N) is 1. The highest BCUT2D eigenvalue weighted by Gasteiger charge is 2.37. The maximum atomic E-state index is 12.4. The van der Waals surface area contributed by atoms with Gasteiger partial charge >= 0.3 is 6.61 Å². The first-order valence-electron chi connectivity index (χ1n) is 6.68. The van der Waals surface area contributed by atoms with Crippen LogP contribution in [0.25, 0.3) is 0 Å². The molecule has 0 heterocycles. The van der Waals surface area contributed by atoms with E-state index in [4.69, 9.17) is 10.5 Å². The van der Waals surface area contributed by atoms with Crippen LogP contribution in [0.4, 0.5) is 14.5 Å². The second-order valence-corrected chi connectivity index (χ2v) is 5.06. The van der Waals surface area contributed by atoms with E-state index in [0.29, 0.717) is 18.5 Å². The molecule has 2 rings (SSSR count). The van der Waals surface area contributed by atoms with Crippen molar-refractivity contribution in [1.82, 2.24) is 0 Å². The van der Waals surface area contributed by atoms with Gasteiger partial charge in [-0.15, -0.1) is 0 Å². The van der Waals surface area contributed by atoms with E-state index in [-0.39, 0.29) is 17.4 Å². The van der Waals surface area contributed by atoms with Gasteiger partial charge in [-0.1, -0.05) is 12.8 Å². The van der Waals surface area contributed by atoms with Crippen LogP contribution in [0.1, 0.15) is 25.7 Å². The molecule has 5 nitrogen and oxygen atoms in total. The molecule has 1 aliphatic carbocycles. The van der Waals surface area contributed by atoms with Crippen molar-refractivity contribution in [2.24, 2.45) is 5.73 Å². The number of carbonyl (C=O) groups excluding carboxylic acids is 1. The fourth-order valence-electron chi connectivity index (χ4n) is 2.43. The smallest absolute Gasteiger partial charge is 0.387 e. The lowest BCUT2D eigenvalue weighted by molar-refractivity contribution is -0.121. The molecule has 0 bridgehead atoms. The number of anilines is 1. The molecular weight excluding hydrogens is 282 g/mol. The highest BCUT2D eigenvalue weighted by Crippen LogP contribution is 2.33. The molecule has 21 heavy (non-hydrogen) atoms. The second kappa shape index (κ2) is 6.26. The summed E-state index contributed by atoms with van der Waals surface area (Å²) < 4.78 is 34.0. The minimum absolute atomic E-state index is 0.136. The van der Waals surface area contributed by atoms with Gasteiger partial charge in [-0.05, 0) is 25.0 Å². The number of amides is 1. The first-order valence-corrected chi connectivity index (χ1v) is 6.68. The highest BCUT2D eigenvalue weighted by atomic mass is 19.3. The van der Waals surface area contributed by atoms with Crippen LogP contribution in [0.5, 0.6) is 11.5 Å². The summed E-state index contributed by atoms with van der Waals surface area (Å²) in [7, 11) is 1.35. The minimum Gasteiger partial charge on any atom is -0.493 e. The average Bonchev–Trinajstić information content (AvgIpc) is 2.87. The number of alkyl halides is 2. The zero-order valence-electron chi connectivity index (χ0n) is 11.7. The van der Waals surface area contributed by atoms with Gasteiger partial charge in [0.25, 0.3) is 0 Å². The van der Waals surface area contributed by atoms with Gasteiger partial charge in [0.05, 0.1) is 12.6 Å². The van der Waals surface area contributed by atoms with Crippen molar-refractivity contribution in [2.45, 2.75) is 37.8 Å². The zero-order chi connectivity index (χ0) is 15.5. The van der Waals surface area contributed by atoms with E-state index in [1.54, 1.807) is 6.07 Å². The van der Waals surface area contributed by atoms with E-state index in [9.17, 15) is 13.6 Å². The Balaban J connectivity index is 2.14. The maximum Gasteiger partial charge on any atom is 0.387 e. The summed E-state index contributed by atoms with van der Waals surface area (Å²) in [6.45, 7) is -2.97. The van der Waals surface area contributed by atoms with Gasteiger partial charge in [-0.3, -0.25) is 4.79 Å². The lowest BCUT2D eigenvalue weighted by Crippen LogP contribution is -2.48. The molecule has 0 radical (unpaired) electrons. The molecular formula is C14H18F2N2O3. The standard InChI is InChI=1S/C14H18F2N2O3/c1-20-10-5-4-9(8-11(10)21-13(15)16)18-12(19)14(17)6-2-3-7-14/h4-5,8,13H,2-3,6-7,17H2,1H3,(H,18,19). The van der Waals surface area contributed by atoms with Crippen LogP contribution < -0.4 is 20.5 Å². The Bertz CT molecular complexity index is 517. The fraction of sp³-hybridized carbons (Fsp3) is 0.500. The van der Waals surface area contributed by atoms with E-state index in [1.165, 1.54) is 19.2 Å². The molecule has 0 spiro atoms. The van der Waals surface area contributed by atoms with Crippen molar-refractivity contribution >= 4 is 11.6 Å². The van der Waals surface area contributed by atoms with E-state index in [1.807, 2.05) is 0 Å². The van der Waals surface area contributed by atoms with Gasteiger partial charge in [-0.2, -0.15) is 8.78 Å². The molecule has 1 aliphatic rings. The Kier molecular flexibility index (Phi) is 4.62. The number of benzene rings is 1. The van der Waals surface area contributed by atoms with Crippen LogP contribution >= 0.6 is 0 Å². The zero-order valence-corrected chi connectivity index (χ0v) is 11.7. The van der Waals surface area contributed by atoms with Gasteiger partial charge in [0, 0.05) is 11.8 Å². The molecule has 116 valence electrons. The second-order valence-electron chi connectivity index (χ2n) is 5.06. The largest absolute Gasteiger partial charge is 0.493 e. The number of rotatable bonds is 5. The molecule has 1 amide bonds. The van der Waals surface area contributed by atoms with E-state index in [0.717, 1.165) is 12.8 Å². The quantitative estimate of drug-likeness (QED) is 0.876. The third-order valence-corrected chi connectivity index (χ3v) is 3.59. The normalized spacial score (nSPS) is 16.8. The number of hydrogen-bond acceptors (Lipinski definition) is 4. The third-order valence-electron chi connectivity index (χ3n) is 3.59. The van der Waals surface area contributed by atoms with Crippen LogP contribution in [0.2, 0.25) is 0 Å². The van der Waals surface area contributed by atoms with Gasteiger partial charge in [0.15, 0.2) is 11.5 Å². The Morgan fingerprint density at radius 2 is 2.00 bits per heavy atom. The monoisotopic (exact) mass is 300 g/mol. The molecule has 3 N–H and O–H groups in total. The topological polar surface area (TPSA) is 73.6 Å². The molecule has 0 atom stereocenters. The molecule has 1 aromatic carbocycles. The Labute approximate surface area is 121 Å². The van der Waals surface area contributed by atoms with Gasteiger partial charge in [0.2, 0.25) is 5.91 Å². The van der Waals surface area contributed by atoms with Crippen molar-refractivity contribution in [1.29, 1.82) is 0 Å². The Hall–Kier alpha value is -1.89. The molecule has 0 saturated heterocycles. The minimum atomic E-state index is -2.97. The Morgan fingerprint density at radius 3 is 2.57 bits per heavy atom. The van der Waals surface area contributed by atoms with E-state index >= 15 is 0 Å². The number of methoxy groups -OCH3 is 1. The molecule has 1 fully saturated rings. The number of nitrogens with one attached hydrogen (secondary N) is 1. The van der Waals surface area contributed by atoms with Crippen molar-refractivity contribution < 1.29 is 23.0 Å². The van der Waals surface area contributed by atoms with Crippen LogP contribution in [0.3, 0.4) is 0 Å². The third kappa shape index (κ3) is 3.60. The summed E-state index contributed by atoms with van der Waals surface area (Å²) in [6, 6.07) is 4.29. The number of halogens is 2. The average molecular weight is 300 g/mol. The molecule has 1 aromatic rings. The predicted octanol–water partition coefficient (Wildman–Crippen LogP) is 2.51. The predicted molar refractivity (Wildman–Crippen MR) is 73.6 cm³/mol. The van der Waals surface area contributed by atoms with Gasteiger partial charge in [-0.25, -0.2) is 0 Å². The first kappa shape index (κ1) is 15.5. The maximum absolute atomic E-state index is 12.4. The lowest BCUT2D eigenvalue weighted by Gasteiger charge is -2.22. The van der Waals surface area contributed by atoms with E-state index < -0.39 is 12.2 Å². The lowest BCUT2D eigenvalue weighted by atomic mass is 9.98. The summed E-state index contributed by atoms with van der Waals surface area (Å²) in [4.78, 5) is 12.2. The van der Waals surface area contributed by atoms with Crippen molar-refractivity contribution in [3.8, 4) is 11.5 Å². The summed E-state index contributed by atoms with van der Waals surface area (Å²) in [5, 5.41) is 2.64. The van der Waals surface area contributed by atoms with Crippen molar-refractivity contribution in [3.63, 3.8) is 0 Å². The molecule has 0 aliphatic heterocycles. The van der Waals surface area contributed by atoms with Gasteiger partial charge < -0.3 is 20.5 Å². The number of hydrogen-bond donors (Lipinski definition) is 2. The number of carbonyl (C=O) groups is 1. The number of ether oxygens (including phenoxy) is 2. The highest BCUT2D eigenvalue weighted by molar-refractivity contribution is 5.98. The van der Waals surface area contributed by atoms with Gasteiger partial charge in [0.1, 0.15) is 0 Å². The van der Waals surface area contributed by atoms with Crippen LogP contribution in [-0.2, 0) is 4.79 Å². The summed E-state index contributed by atoms with van der Waals surface area (Å²) >= 11 is 0. The van der Waals surface area contributed by atoms with E-state index in [2.05, 4.69) is 10.1 Å². The van der Waals surface area contributed by atoms with Crippen LogP contribution in [0, 0.1) is 0 Å². The van der Waals surface area contributed by atoms with Crippen molar-refractivity contribution in [3.05, 3.63) is 18.2 Å². The summed E-state index contributed by atoms with van der Waals surface area (Å²) in [5.74, 6) is -0.285. The van der Waals surface area contributed by atoms with Crippen molar-refractivity contribution in [2.75, 3.05) is 12.4 Å². The molecule has 7 heteroatoms. The first-order chi connectivity index (χ1) is 9.94. The van der Waals surface area contributed by atoms with Crippen LogP contribution in [0.15, 0.2) is 18.2 Å². The summed E-state index contributed by atoms with van der Waals surface area (Å²) in [6.07, 6.45) is 3.06. The Morgan fingerprint density at radius 1 is 1.33 bits per heavy atom. The van der Waals surface area contributed by atoms with Crippen LogP contribution in [-0.4, -0.2) is 25.2 Å².